The number of carbonyl (C=O) groups is 1. The van der Waals surface area contributed by atoms with E-state index in [4.69, 9.17) is 23.8 Å². The molecule has 2 aliphatic carbocycles. The molecule has 0 saturated heterocycles. The lowest BCUT2D eigenvalue weighted by Crippen LogP contribution is -2.69. The van der Waals surface area contributed by atoms with Gasteiger partial charge in [0.25, 0.3) is 0 Å². The van der Waals surface area contributed by atoms with Crippen LogP contribution in [0.5, 0.6) is 17.2 Å². The van der Waals surface area contributed by atoms with Gasteiger partial charge in [-0.3, -0.25) is 0 Å². The monoisotopic (exact) mass is 853 g/mol. The minimum Gasteiger partial charge on any atom is -0.459 e. The number of amides is 1. The van der Waals surface area contributed by atoms with Gasteiger partial charge in [-0.15, -0.1) is 6.58 Å². The molecular formula is C52H72N2O8. The Labute approximate surface area is 370 Å². The number of carbonyl (C=O) groups excluding carboxylic acids is 1. The summed E-state index contributed by atoms with van der Waals surface area (Å²) in [6.45, 7) is 7.06. The Hall–Kier alpha value is -4.38. The highest BCUT2D eigenvalue weighted by atomic mass is 16.7. The summed E-state index contributed by atoms with van der Waals surface area (Å²) in [5.41, 5.74) is 2.74. The van der Waals surface area contributed by atoms with Crippen molar-refractivity contribution in [3.8, 4) is 17.2 Å². The molecule has 0 radical (unpaired) electrons. The average molecular weight is 853 g/mol. The Morgan fingerprint density at radius 1 is 0.871 bits per heavy atom. The number of ether oxygens (including phenoxy) is 4. The van der Waals surface area contributed by atoms with Crippen molar-refractivity contribution in [1.29, 1.82) is 0 Å². The predicted octanol–water partition coefficient (Wildman–Crippen LogP) is 11.9. The molecule has 0 aromatic heterocycles. The molecule has 6 unspecified atom stereocenters. The first-order valence-corrected chi connectivity index (χ1v) is 23.6. The number of fused-ring (bicyclic) bond motifs is 3. The van der Waals surface area contributed by atoms with Crippen LogP contribution in [0.2, 0.25) is 0 Å². The van der Waals surface area contributed by atoms with Crippen molar-refractivity contribution < 1.29 is 38.8 Å². The van der Waals surface area contributed by atoms with Crippen molar-refractivity contribution in [3.05, 3.63) is 90.5 Å². The second-order valence-electron chi connectivity index (χ2n) is 17.5. The Balaban J connectivity index is 1.35. The second-order valence-corrected chi connectivity index (χ2v) is 17.5. The Bertz CT molecular complexity index is 1950. The van der Waals surface area contributed by atoms with E-state index in [0.717, 1.165) is 78.3 Å². The third-order valence-corrected chi connectivity index (χ3v) is 13.3. The lowest BCUT2D eigenvalue weighted by Gasteiger charge is -2.59. The number of oxime groups is 1. The fourth-order valence-electron chi connectivity index (χ4n) is 10.2. The molecule has 2 N–H and O–H groups in total. The molecule has 0 spiro atoms. The van der Waals surface area contributed by atoms with Crippen molar-refractivity contribution in [2.75, 3.05) is 40.6 Å². The quantitative estimate of drug-likeness (QED) is 0.0465. The predicted molar refractivity (Wildman–Crippen MR) is 247 cm³/mol. The van der Waals surface area contributed by atoms with E-state index in [1.165, 1.54) is 44.9 Å². The maximum atomic E-state index is 14.1. The van der Waals surface area contributed by atoms with Crippen molar-refractivity contribution in [3.63, 3.8) is 0 Å². The van der Waals surface area contributed by atoms with E-state index in [9.17, 15) is 15.0 Å². The number of aliphatic hydroxyl groups is 2. The molecule has 1 amide bonds. The summed E-state index contributed by atoms with van der Waals surface area (Å²) in [5, 5.41) is 26.7. The first-order valence-electron chi connectivity index (χ1n) is 23.6. The van der Waals surface area contributed by atoms with E-state index < -0.39 is 23.8 Å². The molecule has 10 heteroatoms. The van der Waals surface area contributed by atoms with Gasteiger partial charge in [0.2, 0.25) is 5.79 Å². The summed E-state index contributed by atoms with van der Waals surface area (Å²) in [4.78, 5) is 21.3. The van der Waals surface area contributed by atoms with E-state index in [0.29, 0.717) is 37.4 Å². The zero-order valence-corrected chi connectivity index (χ0v) is 37.6. The minimum atomic E-state index is -1.33. The summed E-state index contributed by atoms with van der Waals surface area (Å²) < 4.78 is 26.8. The zero-order chi connectivity index (χ0) is 43.7. The van der Waals surface area contributed by atoms with Gasteiger partial charge in [-0.05, 0) is 90.6 Å². The number of rotatable bonds is 26. The van der Waals surface area contributed by atoms with Crippen LogP contribution in [-0.2, 0) is 14.3 Å². The summed E-state index contributed by atoms with van der Waals surface area (Å²) in [6.07, 6.45) is 20.8. The first-order chi connectivity index (χ1) is 30.4. The van der Waals surface area contributed by atoms with Crippen LogP contribution in [0, 0.1) is 17.8 Å². The van der Waals surface area contributed by atoms with Gasteiger partial charge in [-0.25, -0.2) is 4.79 Å². The molecule has 6 atom stereocenters. The Morgan fingerprint density at radius 2 is 1.55 bits per heavy atom. The van der Waals surface area contributed by atoms with Gasteiger partial charge in [0.05, 0.1) is 24.8 Å². The third kappa shape index (κ3) is 11.4. The number of hydrogen-bond donors (Lipinski definition) is 2. The highest BCUT2D eigenvalue weighted by molar-refractivity contribution is 6.03. The van der Waals surface area contributed by atoms with E-state index in [1.54, 1.807) is 25.1 Å². The van der Waals surface area contributed by atoms with Crippen LogP contribution in [0.3, 0.4) is 0 Å². The number of nitrogens with zero attached hydrogens (tertiary/aromatic N) is 2. The lowest BCUT2D eigenvalue weighted by molar-refractivity contribution is -0.253. The van der Waals surface area contributed by atoms with E-state index >= 15 is 0 Å². The van der Waals surface area contributed by atoms with Crippen LogP contribution in [0.4, 0.5) is 4.79 Å². The summed E-state index contributed by atoms with van der Waals surface area (Å²) in [6, 6.07) is 19.7. The third-order valence-electron chi connectivity index (χ3n) is 13.3. The van der Waals surface area contributed by atoms with Gasteiger partial charge in [0.15, 0.2) is 0 Å². The van der Waals surface area contributed by atoms with Gasteiger partial charge in [0.1, 0.15) is 30.4 Å². The van der Waals surface area contributed by atoms with Crippen LogP contribution in [0.1, 0.15) is 128 Å². The van der Waals surface area contributed by atoms with Gasteiger partial charge < -0.3 is 38.9 Å². The van der Waals surface area contributed by atoms with Crippen molar-refractivity contribution in [1.82, 2.24) is 4.90 Å². The number of allylic oxidation sites excluding steroid dienone is 1. The zero-order valence-electron chi connectivity index (χ0n) is 37.6. The molecule has 62 heavy (non-hydrogen) atoms. The maximum Gasteiger partial charge on any atom is 0.409 e. The van der Waals surface area contributed by atoms with Crippen LogP contribution in [-0.4, -0.2) is 79.3 Å². The number of aliphatic hydroxyl groups excluding tert-OH is 2. The van der Waals surface area contributed by atoms with Crippen molar-refractivity contribution >= 4 is 22.6 Å². The number of likely N-dealkylation sites (N-methyl/N-ethyl adjacent to an activating group) is 1. The molecule has 6 rings (SSSR count). The van der Waals surface area contributed by atoms with Crippen molar-refractivity contribution in [2.45, 2.75) is 134 Å². The molecule has 1 aliphatic heterocycles. The molecule has 338 valence electrons. The Kier molecular flexibility index (Phi) is 18.2. The number of hydrogen-bond acceptors (Lipinski definition) is 9. The molecule has 10 nitrogen and oxygen atoms in total. The van der Waals surface area contributed by atoms with Gasteiger partial charge >= 0.3 is 6.09 Å². The maximum absolute atomic E-state index is 14.1. The topological polar surface area (TPSA) is 119 Å². The summed E-state index contributed by atoms with van der Waals surface area (Å²) in [5.74, 6) is 0.457. The number of benzene rings is 3. The van der Waals surface area contributed by atoms with Gasteiger partial charge in [0, 0.05) is 38.2 Å². The molecule has 3 aliphatic rings. The van der Waals surface area contributed by atoms with Crippen LogP contribution < -0.4 is 9.47 Å². The molecule has 1 fully saturated rings. The molecule has 3 aromatic rings. The minimum absolute atomic E-state index is 0.107. The average Bonchev–Trinajstić information content (AvgIpc) is 3.28. The molecule has 3 aromatic carbocycles. The highest BCUT2D eigenvalue weighted by Crippen LogP contribution is 2.62. The molecule has 1 saturated carbocycles. The van der Waals surface area contributed by atoms with E-state index in [2.05, 4.69) is 55.1 Å². The van der Waals surface area contributed by atoms with Crippen LogP contribution in [0.15, 0.2) is 90.1 Å². The van der Waals surface area contributed by atoms with Gasteiger partial charge in [-0.2, -0.15) is 0 Å². The molecule has 1 heterocycles. The number of unbranched alkanes of at least 4 members (excludes halogenated alkanes) is 11. The van der Waals surface area contributed by atoms with E-state index in [-0.39, 0.29) is 37.6 Å². The van der Waals surface area contributed by atoms with E-state index in [1.807, 2.05) is 30.3 Å². The van der Waals surface area contributed by atoms with Crippen LogP contribution in [0.25, 0.3) is 10.8 Å². The van der Waals surface area contributed by atoms with Crippen LogP contribution >= 0.6 is 0 Å². The highest BCUT2D eigenvalue weighted by Gasteiger charge is 2.65. The lowest BCUT2D eigenvalue weighted by atomic mass is 9.55. The van der Waals surface area contributed by atoms with Crippen molar-refractivity contribution in [2.24, 2.45) is 22.9 Å². The smallest absolute Gasteiger partial charge is 0.409 e. The standard InChI is InChI=1S/C52H72N2O8/c1-5-7-8-9-10-11-12-13-14-21-33-59-51(57)54(3)48-37-46(53-58-4)44-35-40(24-17-19-30-55)43(25-18-20-31-56)49-45-36-42(61-41-27-26-38-22-15-16-23-39(38)34-41)28-29-47(45)62-52(48,50(44)49)60-32-6-2/h6,15-16,22-23,26-29,34-36,40,43,48-50,55-56H,2,5,7-14,17-21,24-25,30-33,37H2,1,3-4H3. The summed E-state index contributed by atoms with van der Waals surface area (Å²) >= 11 is 0. The largest absolute Gasteiger partial charge is 0.459 e. The Morgan fingerprint density at radius 3 is 2.26 bits per heavy atom. The summed E-state index contributed by atoms with van der Waals surface area (Å²) in [7, 11) is 3.33. The SMILES string of the molecule is C=CCOC12Oc3ccc(Oc4ccc5ccccc5c4)cc3C3C(CCCCO)C(CCCCO)C=C(C(=NOC)CC1N(C)C(=O)OCCCCCCCCCCCC)C32. The second kappa shape index (κ2) is 23.9. The van der Waals surface area contributed by atoms with Gasteiger partial charge in [-0.1, -0.05) is 125 Å². The normalized spacial score (nSPS) is 23.2. The fourth-order valence-corrected chi connectivity index (χ4v) is 10.2. The fraction of sp³-hybridized carbons (Fsp3) is 0.577. The first kappa shape index (κ1) is 47.1. The molecule has 0 bridgehead atoms. The molecular weight excluding hydrogens is 781 g/mol.